The molecule has 1 aliphatic rings. The number of ether oxygens (including phenoxy) is 1. The minimum absolute atomic E-state index is 0.234. The minimum Gasteiger partial charge on any atom is -0.497 e. The first-order valence-electron chi connectivity index (χ1n) is 11.6. The Labute approximate surface area is 204 Å². The molecule has 0 bridgehead atoms. The second-order valence-corrected chi connectivity index (χ2v) is 11.1. The zero-order valence-corrected chi connectivity index (χ0v) is 20.7. The zero-order chi connectivity index (χ0) is 23.0. The third-order valence-electron chi connectivity index (χ3n) is 6.62. The number of aryl methyl sites for hydroxylation is 1. The molecule has 1 fully saturated rings. The number of carboxylic acids is 1. The van der Waals surface area contributed by atoms with Crippen LogP contribution in [0.3, 0.4) is 0 Å². The quantitative estimate of drug-likeness (QED) is 0.345. The van der Waals surface area contributed by atoms with E-state index in [2.05, 4.69) is 39.5 Å². The van der Waals surface area contributed by atoms with E-state index in [9.17, 15) is 9.90 Å². The molecule has 176 valence electrons. The van der Waals surface area contributed by atoms with Crippen LogP contribution in [-0.2, 0) is 11.2 Å². The molecule has 1 aliphatic heterocycles. The molecular weight excluding hydrogens is 452 g/mol. The normalized spacial score (nSPS) is 19.1. The molecule has 4 rings (SSSR count). The van der Waals surface area contributed by atoms with Crippen molar-refractivity contribution < 1.29 is 14.6 Å². The Kier molecular flexibility index (Phi) is 8.64. The molecule has 1 saturated heterocycles. The fourth-order valence-corrected chi connectivity index (χ4v) is 6.76. The van der Waals surface area contributed by atoms with Crippen LogP contribution in [0.25, 0.3) is 10.9 Å². The summed E-state index contributed by atoms with van der Waals surface area (Å²) >= 11 is 3.68. The summed E-state index contributed by atoms with van der Waals surface area (Å²) in [5, 5.41) is 12.8. The van der Waals surface area contributed by atoms with Crippen LogP contribution in [0.15, 0.2) is 52.2 Å². The topological polar surface area (TPSA) is 62.7 Å². The number of thioether (sulfide) groups is 1. The Balaban J connectivity index is 1.31. The SMILES string of the molecule is COc1ccc2nccc(CCC[C@@H]3CCN(CCSc4cccs4)C[C@H]3CC(=O)O)c2c1. The van der Waals surface area contributed by atoms with Crippen molar-refractivity contribution in [2.75, 3.05) is 32.5 Å². The monoisotopic (exact) mass is 484 g/mol. The zero-order valence-electron chi connectivity index (χ0n) is 19.1. The van der Waals surface area contributed by atoms with E-state index in [4.69, 9.17) is 4.74 Å². The van der Waals surface area contributed by atoms with Crippen LogP contribution in [-0.4, -0.2) is 53.5 Å². The summed E-state index contributed by atoms with van der Waals surface area (Å²) < 4.78 is 6.75. The molecule has 0 spiro atoms. The molecule has 33 heavy (non-hydrogen) atoms. The molecule has 5 nitrogen and oxygen atoms in total. The first-order valence-corrected chi connectivity index (χ1v) is 13.5. The van der Waals surface area contributed by atoms with E-state index in [1.807, 2.05) is 30.1 Å². The highest BCUT2D eigenvalue weighted by Crippen LogP contribution is 2.32. The number of aliphatic carboxylic acids is 1. The van der Waals surface area contributed by atoms with E-state index >= 15 is 0 Å². The maximum atomic E-state index is 11.6. The van der Waals surface area contributed by atoms with Crippen LogP contribution in [0.2, 0.25) is 0 Å². The van der Waals surface area contributed by atoms with Crippen LogP contribution in [0.5, 0.6) is 5.75 Å². The van der Waals surface area contributed by atoms with Crippen LogP contribution in [0.4, 0.5) is 0 Å². The lowest BCUT2D eigenvalue weighted by atomic mass is 9.80. The van der Waals surface area contributed by atoms with Crippen molar-refractivity contribution >= 4 is 40.0 Å². The number of piperidine rings is 1. The van der Waals surface area contributed by atoms with Gasteiger partial charge in [0, 0.05) is 36.8 Å². The van der Waals surface area contributed by atoms with Crippen LogP contribution in [0, 0.1) is 11.8 Å². The number of likely N-dealkylation sites (tertiary alicyclic amines) is 1. The standard InChI is InChI=1S/C26H32N2O3S2/c1-31-22-7-8-24-23(17-22)20(9-11-27-24)5-2-4-19-10-12-28(18-21(19)16-25(29)30)13-15-33-26-6-3-14-32-26/h3,6-9,11,14,17,19,21H,2,4-5,10,12-13,15-16,18H2,1H3,(H,29,30)/t19-,21-/m1/s1. The Hall–Kier alpha value is -2.09. The largest absolute Gasteiger partial charge is 0.497 e. The van der Waals surface area contributed by atoms with Gasteiger partial charge in [-0.15, -0.1) is 23.1 Å². The Morgan fingerprint density at radius 1 is 1.30 bits per heavy atom. The molecule has 3 aromatic rings. The van der Waals surface area contributed by atoms with Gasteiger partial charge in [0.25, 0.3) is 0 Å². The van der Waals surface area contributed by atoms with E-state index in [0.29, 0.717) is 5.92 Å². The van der Waals surface area contributed by atoms with Gasteiger partial charge in [-0.1, -0.05) is 6.07 Å². The smallest absolute Gasteiger partial charge is 0.303 e. The van der Waals surface area contributed by atoms with Crippen molar-refractivity contribution in [1.82, 2.24) is 9.88 Å². The average molecular weight is 485 g/mol. The number of methoxy groups -OCH3 is 1. The van der Waals surface area contributed by atoms with E-state index < -0.39 is 5.97 Å². The van der Waals surface area contributed by atoms with Gasteiger partial charge in [0.15, 0.2) is 0 Å². The molecular formula is C26H32N2O3S2. The highest BCUT2D eigenvalue weighted by molar-refractivity contribution is 8.01. The second kappa shape index (κ2) is 11.9. The lowest BCUT2D eigenvalue weighted by molar-refractivity contribution is -0.139. The Bertz CT molecular complexity index is 1040. The van der Waals surface area contributed by atoms with E-state index in [1.165, 1.54) is 9.77 Å². The molecule has 2 aromatic heterocycles. The maximum Gasteiger partial charge on any atom is 0.303 e. The van der Waals surface area contributed by atoms with Gasteiger partial charge in [0.1, 0.15) is 5.75 Å². The molecule has 7 heteroatoms. The predicted molar refractivity (Wildman–Crippen MR) is 137 cm³/mol. The Morgan fingerprint density at radius 3 is 3.00 bits per heavy atom. The maximum absolute atomic E-state index is 11.6. The van der Waals surface area contributed by atoms with Crippen molar-refractivity contribution in [1.29, 1.82) is 0 Å². The number of thiophene rings is 1. The molecule has 0 aliphatic carbocycles. The summed E-state index contributed by atoms with van der Waals surface area (Å²) in [6, 6.07) is 12.4. The molecule has 0 radical (unpaired) electrons. The second-order valence-electron chi connectivity index (χ2n) is 8.73. The van der Waals surface area contributed by atoms with Crippen LogP contribution >= 0.6 is 23.1 Å². The van der Waals surface area contributed by atoms with Crippen molar-refractivity contribution in [2.45, 2.75) is 36.3 Å². The number of nitrogens with zero attached hydrogens (tertiary/aromatic N) is 2. The summed E-state index contributed by atoms with van der Waals surface area (Å²) in [5.74, 6) is 1.95. The van der Waals surface area contributed by atoms with Gasteiger partial charge < -0.3 is 14.7 Å². The molecule has 1 N–H and O–H groups in total. The van der Waals surface area contributed by atoms with Gasteiger partial charge in [-0.05, 0) is 85.3 Å². The molecule has 1 aromatic carbocycles. The molecule has 0 saturated carbocycles. The van der Waals surface area contributed by atoms with Crippen molar-refractivity contribution in [2.24, 2.45) is 11.8 Å². The van der Waals surface area contributed by atoms with Gasteiger partial charge in [-0.2, -0.15) is 0 Å². The summed E-state index contributed by atoms with van der Waals surface area (Å²) in [6.45, 7) is 2.99. The van der Waals surface area contributed by atoms with Gasteiger partial charge in [0.2, 0.25) is 0 Å². The van der Waals surface area contributed by atoms with Crippen molar-refractivity contribution in [3.63, 3.8) is 0 Å². The molecule has 3 heterocycles. The lowest BCUT2D eigenvalue weighted by Crippen LogP contribution is -2.42. The number of carboxylic acid groups (broad SMARTS) is 1. The van der Waals surface area contributed by atoms with Crippen LogP contribution < -0.4 is 4.74 Å². The molecule has 0 unspecified atom stereocenters. The van der Waals surface area contributed by atoms with Gasteiger partial charge in [0.05, 0.1) is 16.8 Å². The number of benzene rings is 1. The van der Waals surface area contributed by atoms with Gasteiger partial charge >= 0.3 is 5.97 Å². The third kappa shape index (κ3) is 6.71. The first kappa shape index (κ1) is 24.0. The fourth-order valence-electron chi connectivity index (χ4n) is 4.90. The van der Waals surface area contributed by atoms with E-state index in [0.717, 1.165) is 67.7 Å². The van der Waals surface area contributed by atoms with Crippen molar-refractivity contribution in [3.05, 3.63) is 53.5 Å². The number of hydrogen-bond donors (Lipinski definition) is 1. The number of rotatable bonds is 11. The average Bonchev–Trinajstić information content (AvgIpc) is 3.33. The third-order valence-corrected chi connectivity index (χ3v) is 8.73. The highest BCUT2D eigenvalue weighted by Gasteiger charge is 2.30. The van der Waals surface area contributed by atoms with E-state index in [1.54, 1.807) is 18.4 Å². The Morgan fingerprint density at radius 2 is 2.21 bits per heavy atom. The number of aromatic nitrogens is 1. The summed E-state index contributed by atoms with van der Waals surface area (Å²) in [5.41, 5.74) is 2.28. The number of hydrogen-bond acceptors (Lipinski definition) is 6. The summed E-state index contributed by atoms with van der Waals surface area (Å²) in [6.07, 6.45) is 6.35. The number of carbonyl (C=O) groups is 1. The van der Waals surface area contributed by atoms with Crippen LogP contribution in [0.1, 0.15) is 31.2 Å². The van der Waals surface area contributed by atoms with Gasteiger partial charge in [-0.25, -0.2) is 0 Å². The molecule has 2 atom stereocenters. The highest BCUT2D eigenvalue weighted by atomic mass is 32.2. The van der Waals surface area contributed by atoms with Crippen molar-refractivity contribution in [3.8, 4) is 5.75 Å². The summed E-state index contributed by atoms with van der Waals surface area (Å²) in [7, 11) is 1.69. The lowest BCUT2D eigenvalue weighted by Gasteiger charge is -2.38. The predicted octanol–water partition coefficient (Wildman–Crippen LogP) is 5.83. The summed E-state index contributed by atoms with van der Waals surface area (Å²) in [4.78, 5) is 18.5. The van der Waals surface area contributed by atoms with E-state index in [-0.39, 0.29) is 12.3 Å². The minimum atomic E-state index is -0.674. The fraction of sp³-hybridized carbons (Fsp3) is 0.462. The number of fused-ring (bicyclic) bond motifs is 1. The first-order chi connectivity index (χ1) is 16.1. The number of pyridine rings is 1. The van der Waals surface area contributed by atoms with Gasteiger partial charge in [-0.3, -0.25) is 9.78 Å². The molecule has 0 amide bonds.